The molecule has 0 radical (unpaired) electrons. The highest BCUT2D eigenvalue weighted by Gasteiger charge is 2.18. The van der Waals surface area contributed by atoms with Crippen LogP contribution in [0, 0.1) is 6.92 Å². The van der Waals surface area contributed by atoms with Crippen LogP contribution < -0.4 is 22.2 Å². The lowest BCUT2D eigenvalue weighted by Gasteiger charge is -2.36. The van der Waals surface area contributed by atoms with Crippen LogP contribution in [0.2, 0.25) is 0 Å². The van der Waals surface area contributed by atoms with Gasteiger partial charge >= 0.3 is 0 Å². The summed E-state index contributed by atoms with van der Waals surface area (Å²) in [6.45, 7) is 8.19. The van der Waals surface area contributed by atoms with Gasteiger partial charge in [0.15, 0.2) is 0 Å². The van der Waals surface area contributed by atoms with Gasteiger partial charge in [-0.25, -0.2) is 0 Å². The van der Waals surface area contributed by atoms with Crippen LogP contribution in [0.25, 0.3) is 0 Å². The summed E-state index contributed by atoms with van der Waals surface area (Å²) in [6, 6.07) is 6.43. The van der Waals surface area contributed by atoms with Crippen LogP contribution in [-0.2, 0) is 4.74 Å². The van der Waals surface area contributed by atoms with Crippen molar-refractivity contribution in [1.82, 2.24) is 4.90 Å². The Kier molecular flexibility index (Phi) is 9.13. The molecule has 2 saturated heterocycles. The van der Waals surface area contributed by atoms with Crippen molar-refractivity contribution in [2.45, 2.75) is 32.3 Å². The molecule has 2 heterocycles. The summed E-state index contributed by atoms with van der Waals surface area (Å²) >= 11 is 0. The van der Waals surface area contributed by atoms with Gasteiger partial charge in [0.2, 0.25) is 0 Å². The van der Waals surface area contributed by atoms with Crippen molar-refractivity contribution in [2.24, 2.45) is 27.4 Å². The lowest BCUT2D eigenvalue weighted by atomic mass is 10.0. The van der Waals surface area contributed by atoms with E-state index in [1.807, 2.05) is 6.08 Å². The van der Waals surface area contributed by atoms with Crippen LogP contribution in [0.1, 0.15) is 30.4 Å². The molecule has 174 valence electrons. The van der Waals surface area contributed by atoms with Gasteiger partial charge in [-0.3, -0.25) is 9.89 Å². The maximum atomic E-state index is 6.05. The fraction of sp³-hybridized carbons (Fsp3) is 0.500. The van der Waals surface area contributed by atoms with Crippen LogP contribution in [-0.4, -0.2) is 68.8 Å². The standard InChI is InChI=1S/C24H37N7O/c1-19-15-21(31-12-10-30(11-13-31)18-20(26)5-4-9-25)7-8-23(19)24(29-27)17-28-16-22-6-2-3-14-32-22/h4-5,7-9,15,17,22H,2-3,6,10-14,16,18,25-27H2,1H3/b9-4-,20-5-,28-17?,29-24+. The maximum Gasteiger partial charge on any atom is 0.108 e. The maximum absolute atomic E-state index is 6.05. The molecule has 0 aromatic heterocycles. The van der Waals surface area contributed by atoms with Crippen molar-refractivity contribution >= 4 is 17.6 Å². The number of anilines is 1. The van der Waals surface area contributed by atoms with E-state index < -0.39 is 0 Å². The number of hydrogen-bond acceptors (Lipinski definition) is 8. The highest BCUT2D eigenvalue weighted by atomic mass is 16.5. The van der Waals surface area contributed by atoms with E-state index in [0.717, 1.165) is 69.0 Å². The SMILES string of the molecule is Cc1cc(N2CCN(C/C(N)=C/C=C\N)CC2)ccc1/C(C=NCC1CCCCO1)=N/N. The number of piperazine rings is 1. The van der Waals surface area contributed by atoms with Gasteiger partial charge in [-0.1, -0.05) is 6.07 Å². The minimum Gasteiger partial charge on any atom is -0.405 e. The lowest BCUT2D eigenvalue weighted by molar-refractivity contribution is 0.0226. The topological polar surface area (TPSA) is 118 Å². The first-order valence-corrected chi connectivity index (χ1v) is 11.4. The lowest BCUT2D eigenvalue weighted by Crippen LogP contribution is -2.47. The van der Waals surface area contributed by atoms with E-state index in [2.05, 4.69) is 45.0 Å². The van der Waals surface area contributed by atoms with E-state index in [1.54, 1.807) is 12.3 Å². The van der Waals surface area contributed by atoms with Gasteiger partial charge in [-0.2, -0.15) is 5.10 Å². The van der Waals surface area contributed by atoms with Gasteiger partial charge < -0.3 is 26.9 Å². The molecule has 6 N–H and O–H groups in total. The zero-order valence-electron chi connectivity index (χ0n) is 19.1. The molecule has 1 aromatic rings. The molecule has 0 amide bonds. The molecule has 1 unspecified atom stereocenters. The summed E-state index contributed by atoms with van der Waals surface area (Å²) in [5.74, 6) is 5.68. The fourth-order valence-electron chi connectivity index (χ4n) is 4.17. The largest absolute Gasteiger partial charge is 0.405 e. The minimum absolute atomic E-state index is 0.212. The summed E-state index contributed by atoms with van der Waals surface area (Å²) < 4.78 is 5.74. The molecule has 1 aromatic carbocycles. The van der Waals surface area contributed by atoms with E-state index in [9.17, 15) is 0 Å². The Morgan fingerprint density at radius 2 is 2.03 bits per heavy atom. The number of hydrazone groups is 1. The first kappa shape index (κ1) is 23.8. The minimum atomic E-state index is 0.212. The Labute approximate surface area is 191 Å². The molecular formula is C24H37N7O. The van der Waals surface area contributed by atoms with Gasteiger partial charge in [-0.05, 0) is 62.2 Å². The zero-order chi connectivity index (χ0) is 22.8. The van der Waals surface area contributed by atoms with Crippen molar-refractivity contribution in [2.75, 3.05) is 50.8 Å². The Bertz CT molecular complexity index is 848. The number of allylic oxidation sites excluding steroid dienone is 2. The molecule has 8 nitrogen and oxygen atoms in total. The van der Waals surface area contributed by atoms with E-state index in [4.69, 9.17) is 22.0 Å². The summed E-state index contributed by atoms with van der Waals surface area (Å²) in [5.41, 5.74) is 16.3. The van der Waals surface area contributed by atoms with E-state index in [0.29, 0.717) is 12.3 Å². The molecule has 2 fully saturated rings. The van der Waals surface area contributed by atoms with Crippen molar-refractivity contribution in [3.05, 3.63) is 53.4 Å². The number of benzene rings is 1. The highest BCUT2D eigenvalue weighted by molar-refractivity contribution is 6.38. The number of rotatable bonds is 8. The number of hydrogen-bond donors (Lipinski definition) is 3. The smallest absolute Gasteiger partial charge is 0.108 e. The zero-order valence-corrected chi connectivity index (χ0v) is 19.1. The average molecular weight is 440 g/mol. The van der Waals surface area contributed by atoms with E-state index in [1.165, 1.54) is 18.3 Å². The summed E-state index contributed by atoms with van der Waals surface area (Å²) in [6.07, 6.45) is 10.5. The molecule has 2 aliphatic rings. The molecule has 0 spiro atoms. The van der Waals surface area contributed by atoms with Gasteiger partial charge in [0, 0.05) is 62.5 Å². The van der Waals surface area contributed by atoms with E-state index in [-0.39, 0.29) is 6.10 Å². The van der Waals surface area contributed by atoms with Crippen LogP contribution >= 0.6 is 0 Å². The highest BCUT2D eigenvalue weighted by Crippen LogP contribution is 2.21. The van der Waals surface area contributed by atoms with Gasteiger partial charge in [0.25, 0.3) is 0 Å². The Balaban J connectivity index is 1.56. The predicted molar refractivity (Wildman–Crippen MR) is 133 cm³/mol. The summed E-state index contributed by atoms with van der Waals surface area (Å²) in [4.78, 5) is 9.31. The van der Waals surface area contributed by atoms with Gasteiger partial charge in [0.05, 0.1) is 12.6 Å². The first-order chi connectivity index (χ1) is 15.6. The average Bonchev–Trinajstić information content (AvgIpc) is 2.82. The number of ether oxygens (including phenoxy) is 1. The molecule has 0 saturated carbocycles. The quantitative estimate of drug-likeness (QED) is 0.246. The predicted octanol–water partition coefficient (Wildman–Crippen LogP) is 1.73. The van der Waals surface area contributed by atoms with Gasteiger partial charge in [0.1, 0.15) is 5.71 Å². The third-order valence-electron chi connectivity index (χ3n) is 5.99. The number of nitrogens with two attached hydrogens (primary N) is 3. The number of nitrogens with zero attached hydrogens (tertiary/aromatic N) is 4. The number of aryl methyl sites for hydroxylation is 1. The second-order valence-electron chi connectivity index (χ2n) is 8.39. The van der Waals surface area contributed by atoms with Crippen LogP contribution in [0.5, 0.6) is 0 Å². The molecule has 32 heavy (non-hydrogen) atoms. The first-order valence-electron chi connectivity index (χ1n) is 11.4. The second kappa shape index (κ2) is 12.3. The normalized spacial score (nSPS) is 21.7. The third-order valence-corrected chi connectivity index (χ3v) is 5.99. The molecule has 2 aliphatic heterocycles. The third kappa shape index (κ3) is 6.83. The van der Waals surface area contributed by atoms with Crippen LogP contribution in [0.3, 0.4) is 0 Å². The van der Waals surface area contributed by atoms with Crippen LogP contribution in [0.15, 0.2) is 52.3 Å². The second-order valence-corrected chi connectivity index (χ2v) is 8.39. The van der Waals surface area contributed by atoms with Crippen LogP contribution in [0.4, 0.5) is 5.69 Å². The Morgan fingerprint density at radius 3 is 2.69 bits per heavy atom. The molecule has 0 aliphatic carbocycles. The van der Waals surface area contributed by atoms with E-state index >= 15 is 0 Å². The molecule has 0 bridgehead atoms. The monoisotopic (exact) mass is 439 g/mol. The molecule has 3 rings (SSSR count). The molecule has 8 heteroatoms. The van der Waals surface area contributed by atoms with Crippen molar-refractivity contribution < 1.29 is 4.74 Å². The Morgan fingerprint density at radius 1 is 1.22 bits per heavy atom. The Hall–Kier alpha value is -2.84. The number of aliphatic imine (C=N–C) groups is 1. The summed E-state index contributed by atoms with van der Waals surface area (Å²) in [7, 11) is 0. The van der Waals surface area contributed by atoms with Crippen molar-refractivity contribution in [3.63, 3.8) is 0 Å². The molecular weight excluding hydrogens is 402 g/mol. The fourth-order valence-corrected chi connectivity index (χ4v) is 4.17. The van der Waals surface area contributed by atoms with Gasteiger partial charge in [-0.15, -0.1) is 0 Å². The molecule has 1 atom stereocenters. The van der Waals surface area contributed by atoms with Crippen molar-refractivity contribution in [1.29, 1.82) is 0 Å². The van der Waals surface area contributed by atoms with Crippen molar-refractivity contribution in [3.8, 4) is 0 Å². The summed E-state index contributed by atoms with van der Waals surface area (Å²) in [5, 5.41) is 3.98.